The summed E-state index contributed by atoms with van der Waals surface area (Å²) in [7, 11) is 0. The molecule has 2 aliphatic carbocycles. The zero-order valence-electron chi connectivity index (χ0n) is 12.3. The quantitative estimate of drug-likeness (QED) is 0.586. The Morgan fingerprint density at radius 2 is 1.75 bits per heavy atom. The summed E-state index contributed by atoms with van der Waals surface area (Å²) in [4.78, 5) is 12.4. The Morgan fingerprint density at radius 3 is 2.55 bits per heavy atom. The third kappa shape index (κ3) is 2.63. The van der Waals surface area contributed by atoms with Crippen LogP contribution >= 0.6 is 23.5 Å². The van der Waals surface area contributed by atoms with Crippen molar-refractivity contribution in [3.8, 4) is 0 Å². The summed E-state index contributed by atoms with van der Waals surface area (Å²) < 4.78 is 5.88. The van der Waals surface area contributed by atoms with Crippen LogP contribution in [-0.2, 0) is 9.53 Å². The number of carbonyl (C=O) groups is 1. The van der Waals surface area contributed by atoms with Gasteiger partial charge in [0.15, 0.2) is 0 Å². The van der Waals surface area contributed by atoms with Crippen LogP contribution < -0.4 is 0 Å². The number of hydrogen-bond donors (Lipinski definition) is 0. The minimum absolute atomic E-state index is 0.0984. The van der Waals surface area contributed by atoms with Crippen LogP contribution in [-0.4, -0.2) is 33.1 Å². The monoisotopic (exact) mass is 312 g/mol. The van der Waals surface area contributed by atoms with Crippen molar-refractivity contribution in [2.75, 3.05) is 0 Å². The molecule has 0 spiro atoms. The molecule has 2 saturated heterocycles. The number of ether oxygens (including phenoxy) is 1. The van der Waals surface area contributed by atoms with E-state index in [0.717, 1.165) is 33.8 Å². The summed E-state index contributed by atoms with van der Waals surface area (Å²) in [6, 6.07) is 0. The van der Waals surface area contributed by atoms with Crippen molar-refractivity contribution >= 4 is 29.5 Å². The van der Waals surface area contributed by atoms with Crippen molar-refractivity contribution in [3.05, 3.63) is 0 Å². The molecule has 8 atom stereocenters. The lowest BCUT2D eigenvalue weighted by Gasteiger charge is -2.33. The fraction of sp³-hybridized carbons (Fsp3) is 0.938. The molecule has 0 aromatic rings. The lowest BCUT2D eigenvalue weighted by atomic mass is 9.77. The van der Waals surface area contributed by atoms with E-state index in [1.807, 2.05) is 0 Å². The van der Waals surface area contributed by atoms with Gasteiger partial charge in [0, 0.05) is 21.0 Å². The molecule has 0 radical (unpaired) electrons. The molecule has 8 unspecified atom stereocenters. The lowest BCUT2D eigenvalue weighted by Crippen LogP contribution is -2.36. The first kappa shape index (κ1) is 13.8. The third-order valence-corrected chi connectivity index (χ3v) is 8.67. The van der Waals surface area contributed by atoms with E-state index in [1.54, 1.807) is 0 Å². The van der Waals surface area contributed by atoms with Gasteiger partial charge < -0.3 is 4.74 Å². The molecule has 20 heavy (non-hydrogen) atoms. The summed E-state index contributed by atoms with van der Waals surface area (Å²) in [5.41, 5.74) is 0. The summed E-state index contributed by atoms with van der Waals surface area (Å²) in [5, 5.41) is 3.44. The summed E-state index contributed by atoms with van der Waals surface area (Å²) in [6.45, 7) is 4.47. The number of carbonyl (C=O) groups excluding carboxylic acids is 1. The fourth-order valence-electron chi connectivity index (χ4n) is 4.27. The van der Waals surface area contributed by atoms with Crippen LogP contribution in [0.3, 0.4) is 0 Å². The highest BCUT2D eigenvalue weighted by molar-refractivity contribution is 8.07. The molecule has 4 aliphatic rings. The molecular weight excluding hydrogens is 288 g/mol. The average Bonchev–Trinajstić information content (AvgIpc) is 3.30. The van der Waals surface area contributed by atoms with E-state index in [1.165, 1.54) is 19.3 Å². The Morgan fingerprint density at radius 1 is 1.05 bits per heavy atom. The van der Waals surface area contributed by atoms with Gasteiger partial charge in [-0.25, -0.2) is 0 Å². The first-order chi connectivity index (χ1) is 9.61. The molecule has 2 aliphatic heterocycles. The minimum atomic E-state index is 0.0984. The van der Waals surface area contributed by atoms with E-state index < -0.39 is 0 Å². The standard InChI is InChI=1S/C16H24O2S2/c1-8-5-13-15(20-13)7-11(8)9(2)18-16(17)10-3-4-12-14(6-10)19-12/h8-15H,3-7H2,1-2H3. The van der Waals surface area contributed by atoms with Gasteiger partial charge in [-0.15, -0.1) is 0 Å². The van der Waals surface area contributed by atoms with Crippen LogP contribution in [0, 0.1) is 17.8 Å². The molecule has 0 aromatic carbocycles. The predicted molar refractivity (Wildman–Crippen MR) is 85.1 cm³/mol. The van der Waals surface area contributed by atoms with Gasteiger partial charge in [0.25, 0.3) is 0 Å². The van der Waals surface area contributed by atoms with E-state index in [2.05, 4.69) is 37.4 Å². The van der Waals surface area contributed by atoms with Crippen molar-refractivity contribution in [2.24, 2.45) is 17.8 Å². The molecule has 2 nitrogen and oxygen atoms in total. The lowest BCUT2D eigenvalue weighted by molar-refractivity contribution is -0.158. The van der Waals surface area contributed by atoms with Crippen molar-refractivity contribution in [1.29, 1.82) is 0 Å². The second-order valence-electron chi connectivity index (χ2n) is 7.19. The van der Waals surface area contributed by atoms with Gasteiger partial charge >= 0.3 is 5.97 Å². The topological polar surface area (TPSA) is 26.3 Å². The number of fused-ring (bicyclic) bond motifs is 2. The molecule has 0 aromatic heterocycles. The molecule has 2 saturated carbocycles. The Bertz CT molecular complexity index is 413. The van der Waals surface area contributed by atoms with Gasteiger partial charge in [0.1, 0.15) is 6.10 Å². The van der Waals surface area contributed by atoms with Gasteiger partial charge in [-0.3, -0.25) is 4.79 Å². The van der Waals surface area contributed by atoms with Crippen molar-refractivity contribution < 1.29 is 9.53 Å². The number of thioether (sulfide) groups is 2. The minimum Gasteiger partial charge on any atom is -0.462 e. The van der Waals surface area contributed by atoms with Crippen LogP contribution in [0.4, 0.5) is 0 Å². The van der Waals surface area contributed by atoms with Crippen molar-refractivity contribution in [2.45, 2.75) is 73.1 Å². The number of hydrogen-bond acceptors (Lipinski definition) is 4. The highest BCUT2D eigenvalue weighted by atomic mass is 32.2. The van der Waals surface area contributed by atoms with Crippen molar-refractivity contribution in [1.82, 2.24) is 0 Å². The van der Waals surface area contributed by atoms with Gasteiger partial charge in [0.2, 0.25) is 0 Å². The Kier molecular flexibility index (Phi) is 3.53. The first-order valence-electron chi connectivity index (χ1n) is 8.13. The SMILES string of the molecule is CC1CC2SC2CC1C(C)OC(=O)C1CCC2SC2C1. The highest BCUT2D eigenvalue weighted by Crippen LogP contribution is 2.55. The molecule has 4 heteroatoms. The molecule has 0 N–H and O–H groups in total. The van der Waals surface area contributed by atoms with E-state index in [-0.39, 0.29) is 18.0 Å². The maximum absolute atomic E-state index is 12.4. The second kappa shape index (κ2) is 5.12. The molecule has 2 heterocycles. The maximum Gasteiger partial charge on any atom is 0.309 e. The van der Waals surface area contributed by atoms with Crippen LogP contribution in [0.1, 0.15) is 46.0 Å². The zero-order valence-corrected chi connectivity index (χ0v) is 13.9. The summed E-state index contributed by atoms with van der Waals surface area (Å²) >= 11 is 4.20. The Hall–Kier alpha value is 0.170. The van der Waals surface area contributed by atoms with Crippen LogP contribution in [0.5, 0.6) is 0 Å². The Balaban J connectivity index is 1.32. The second-order valence-corrected chi connectivity index (χ2v) is 10.2. The molecular formula is C16H24O2S2. The van der Waals surface area contributed by atoms with E-state index >= 15 is 0 Å². The van der Waals surface area contributed by atoms with Crippen LogP contribution in [0.25, 0.3) is 0 Å². The molecule has 4 fully saturated rings. The largest absolute Gasteiger partial charge is 0.462 e. The predicted octanol–water partition coefficient (Wildman–Crippen LogP) is 3.73. The first-order valence-corrected chi connectivity index (χ1v) is 10.0. The van der Waals surface area contributed by atoms with Gasteiger partial charge in [0.05, 0.1) is 5.92 Å². The van der Waals surface area contributed by atoms with Crippen LogP contribution in [0.2, 0.25) is 0 Å². The zero-order chi connectivity index (χ0) is 13.9. The fourth-order valence-corrected chi connectivity index (χ4v) is 6.82. The summed E-state index contributed by atoms with van der Waals surface area (Å²) in [5.74, 6) is 1.59. The molecule has 112 valence electrons. The molecule has 0 bridgehead atoms. The van der Waals surface area contributed by atoms with Gasteiger partial charge in [-0.2, -0.15) is 23.5 Å². The smallest absolute Gasteiger partial charge is 0.309 e. The van der Waals surface area contributed by atoms with E-state index in [0.29, 0.717) is 11.8 Å². The Labute approximate surface area is 130 Å². The molecule has 4 rings (SSSR count). The van der Waals surface area contributed by atoms with Crippen LogP contribution in [0.15, 0.2) is 0 Å². The average molecular weight is 312 g/mol. The third-order valence-electron chi connectivity index (χ3n) is 5.77. The number of esters is 1. The summed E-state index contributed by atoms with van der Waals surface area (Å²) in [6.07, 6.45) is 6.05. The van der Waals surface area contributed by atoms with Crippen molar-refractivity contribution in [3.63, 3.8) is 0 Å². The highest BCUT2D eigenvalue weighted by Gasteiger charge is 2.49. The maximum atomic E-state index is 12.4. The van der Waals surface area contributed by atoms with Gasteiger partial charge in [-0.05, 0) is 50.9 Å². The number of rotatable bonds is 3. The van der Waals surface area contributed by atoms with E-state index in [4.69, 9.17) is 4.74 Å². The normalized spacial score (nSPS) is 50.6. The van der Waals surface area contributed by atoms with E-state index in [9.17, 15) is 4.79 Å². The van der Waals surface area contributed by atoms with Gasteiger partial charge in [-0.1, -0.05) is 6.92 Å². The molecule has 0 amide bonds.